The van der Waals surface area contributed by atoms with Gasteiger partial charge in [0.1, 0.15) is 6.10 Å². The van der Waals surface area contributed by atoms with Gasteiger partial charge in [0.05, 0.1) is 13.2 Å². The monoisotopic (exact) mass is 555 g/mol. The molecule has 1 aliphatic rings. The first-order chi connectivity index (χ1) is 17.8. The fourth-order valence-corrected chi connectivity index (χ4v) is 5.70. The van der Waals surface area contributed by atoms with E-state index in [1.165, 1.54) is 43.7 Å². The molecule has 12 nitrogen and oxygen atoms in total. The molecule has 5 atom stereocenters. The van der Waals surface area contributed by atoms with Crippen LogP contribution in [0.2, 0.25) is 0 Å². The Hall–Kier alpha value is -2.63. The standard InChI is InChI=1S/C25H38N3O9P/c1-9-12-33-38(28(15(2)3)16(4)5)34-14-21-23(35-18(7)30)24(36-19(8)31)25(37-21)27-11-10-20(13-22(27)32)26-17(6)29/h9-11,13,15-16,21,23-25H,1,12,14H2,2-8H3,(H,26,29)/t21-,23-,24-,25-,38?/m1/s1. The highest BCUT2D eigenvalue weighted by Gasteiger charge is 2.51. The summed E-state index contributed by atoms with van der Waals surface area (Å²) >= 11 is 0. The van der Waals surface area contributed by atoms with E-state index in [1.54, 1.807) is 6.08 Å². The fourth-order valence-electron chi connectivity index (χ4n) is 4.10. The number of ether oxygens (including phenoxy) is 3. The zero-order valence-electron chi connectivity index (χ0n) is 22.9. The van der Waals surface area contributed by atoms with Crippen LogP contribution >= 0.6 is 8.53 Å². The molecule has 1 saturated heterocycles. The molecule has 1 aromatic rings. The van der Waals surface area contributed by atoms with Gasteiger partial charge in [-0.05, 0) is 33.8 Å². The molecular weight excluding hydrogens is 517 g/mol. The molecule has 1 fully saturated rings. The first-order valence-electron chi connectivity index (χ1n) is 12.3. The maximum atomic E-state index is 12.9. The van der Waals surface area contributed by atoms with Crippen LogP contribution in [0.3, 0.4) is 0 Å². The molecule has 2 rings (SSSR count). The first kappa shape index (κ1) is 31.6. The van der Waals surface area contributed by atoms with E-state index >= 15 is 0 Å². The van der Waals surface area contributed by atoms with E-state index in [0.717, 1.165) is 0 Å². The van der Waals surface area contributed by atoms with Crippen molar-refractivity contribution >= 4 is 32.1 Å². The van der Waals surface area contributed by atoms with Gasteiger partial charge in [0.25, 0.3) is 14.1 Å². The van der Waals surface area contributed by atoms with Crippen molar-refractivity contribution in [3.05, 3.63) is 41.3 Å². The number of carbonyl (C=O) groups excluding carboxylic acids is 3. The summed E-state index contributed by atoms with van der Waals surface area (Å²) in [6, 6.07) is 2.92. The number of aromatic nitrogens is 1. The highest BCUT2D eigenvalue weighted by Crippen LogP contribution is 2.47. The first-order valence-corrected chi connectivity index (χ1v) is 13.4. The van der Waals surface area contributed by atoms with Gasteiger partial charge in [0.2, 0.25) is 5.91 Å². The summed E-state index contributed by atoms with van der Waals surface area (Å²) in [4.78, 5) is 48.3. The molecule has 1 N–H and O–H groups in total. The molecule has 0 bridgehead atoms. The van der Waals surface area contributed by atoms with Crippen LogP contribution in [0.15, 0.2) is 35.8 Å². The second-order valence-electron chi connectivity index (χ2n) is 9.24. The number of anilines is 1. The Morgan fingerprint density at radius 3 is 2.21 bits per heavy atom. The van der Waals surface area contributed by atoms with Crippen LogP contribution < -0.4 is 10.9 Å². The molecule has 13 heteroatoms. The third kappa shape index (κ3) is 8.71. The largest absolute Gasteiger partial charge is 0.456 e. The molecule has 1 aromatic heterocycles. The maximum Gasteiger partial charge on any atom is 0.303 e. The van der Waals surface area contributed by atoms with Gasteiger partial charge >= 0.3 is 11.9 Å². The molecule has 38 heavy (non-hydrogen) atoms. The van der Waals surface area contributed by atoms with Crippen LogP contribution in [0.5, 0.6) is 0 Å². The molecule has 0 saturated carbocycles. The quantitative estimate of drug-likeness (QED) is 0.220. The molecule has 0 aliphatic carbocycles. The fraction of sp³-hybridized carbons (Fsp3) is 0.600. The Morgan fingerprint density at radius 2 is 1.71 bits per heavy atom. The Labute approximate surface area is 224 Å². The Morgan fingerprint density at radius 1 is 1.11 bits per heavy atom. The lowest BCUT2D eigenvalue weighted by atomic mass is 10.1. The lowest BCUT2D eigenvalue weighted by Crippen LogP contribution is -2.41. The summed E-state index contributed by atoms with van der Waals surface area (Å²) in [7, 11) is -1.56. The molecular formula is C25H38N3O9P. The minimum absolute atomic E-state index is 0.0796. The van der Waals surface area contributed by atoms with E-state index in [0.29, 0.717) is 5.69 Å². The minimum atomic E-state index is -1.56. The maximum absolute atomic E-state index is 12.9. The van der Waals surface area contributed by atoms with Gasteiger partial charge in [-0.2, -0.15) is 0 Å². The van der Waals surface area contributed by atoms with Crippen LogP contribution in [0.1, 0.15) is 54.7 Å². The topological polar surface area (TPSA) is 135 Å². The number of nitrogens with one attached hydrogen (secondary N) is 1. The van der Waals surface area contributed by atoms with Crippen molar-refractivity contribution in [1.29, 1.82) is 0 Å². The number of pyridine rings is 1. The van der Waals surface area contributed by atoms with E-state index in [4.69, 9.17) is 23.3 Å². The van der Waals surface area contributed by atoms with Crippen molar-refractivity contribution in [3.8, 4) is 0 Å². The lowest BCUT2D eigenvalue weighted by Gasteiger charge is -2.36. The summed E-state index contributed by atoms with van der Waals surface area (Å²) in [5.74, 6) is -1.60. The Bertz CT molecular complexity index is 1040. The second-order valence-corrected chi connectivity index (χ2v) is 10.7. The predicted octanol–water partition coefficient (Wildman–Crippen LogP) is 3.13. The normalized spacial score (nSPS) is 21.9. The summed E-state index contributed by atoms with van der Waals surface area (Å²) in [5.41, 5.74) is -0.228. The molecule has 1 unspecified atom stereocenters. The van der Waals surface area contributed by atoms with Gasteiger partial charge < -0.3 is 28.6 Å². The van der Waals surface area contributed by atoms with Crippen molar-refractivity contribution in [2.75, 3.05) is 18.5 Å². The molecule has 0 spiro atoms. The van der Waals surface area contributed by atoms with E-state index in [2.05, 4.69) is 16.6 Å². The number of hydrogen-bond donors (Lipinski definition) is 1. The van der Waals surface area contributed by atoms with E-state index in [9.17, 15) is 19.2 Å². The van der Waals surface area contributed by atoms with Crippen molar-refractivity contribution in [3.63, 3.8) is 0 Å². The summed E-state index contributed by atoms with van der Waals surface area (Å²) in [6.07, 6.45) is -1.19. The predicted molar refractivity (Wildman–Crippen MR) is 141 cm³/mol. The molecule has 0 aromatic carbocycles. The Balaban J connectivity index is 2.41. The van der Waals surface area contributed by atoms with E-state index in [1.807, 2.05) is 27.7 Å². The Kier molecular flexibility index (Phi) is 12.1. The van der Waals surface area contributed by atoms with Crippen molar-refractivity contribution < 1.29 is 37.6 Å². The van der Waals surface area contributed by atoms with Crippen LogP contribution in [-0.4, -0.2) is 70.7 Å². The van der Waals surface area contributed by atoms with Crippen LogP contribution in [0.4, 0.5) is 5.69 Å². The van der Waals surface area contributed by atoms with E-state index < -0.39 is 50.6 Å². The van der Waals surface area contributed by atoms with Crippen LogP contribution in [0.25, 0.3) is 0 Å². The number of nitrogens with zero attached hydrogens (tertiary/aromatic N) is 2. The average Bonchev–Trinajstić information content (AvgIpc) is 3.10. The number of hydrogen-bond acceptors (Lipinski definition) is 10. The number of amides is 1. The van der Waals surface area contributed by atoms with Gasteiger partial charge in [-0.3, -0.25) is 23.7 Å². The van der Waals surface area contributed by atoms with Gasteiger partial charge in [-0.15, -0.1) is 6.58 Å². The summed E-state index contributed by atoms with van der Waals surface area (Å²) < 4.78 is 32.5. The van der Waals surface area contributed by atoms with Gasteiger partial charge in [0.15, 0.2) is 18.4 Å². The number of rotatable bonds is 13. The second kappa shape index (κ2) is 14.5. The number of esters is 2. The van der Waals surface area contributed by atoms with Gasteiger partial charge in [-0.25, -0.2) is 4.67 Å². The summed E-state index contributed by atoms with van der Waals surface area (Å²) in [5, 5.41) is 2.54. The smallest absolute Gasteiger partial charge is 0.303 e. The molecule has 2 heterocycles. The van der Waals surface area contributed by atoms with Crippen molar-refractivity contribution in [2.24, 2.45) is 0 Å². The molecule has 1 amide bonds. The highest BCUT2D eigenvalue weighted by molar-refractivity contribution is 7.44. The van der Waals surface area contributed by atoms with Crippen molar-refractivity contribution in [1.82, 2.24) is 9.24 Å². The zero-order chi connectivity index (χ0) is 28.6. The molecule has 212 valence electrons. The average molecular weight is 556 g/mol. The third-order valence-corrected chi connectivity index (χ3v) is 7.37. The molecule has 0 radical (unpaired) electrons. The lowest BCUT2D eigenvalue weighted by molar-refractivity contribution is -0.165. The van der Waals surface area contributed by atoms with E-state index in [-0.39, 0.29) is 31.2 Å². The minimum Gasteiger partial charge on any atom is -0.456 e. The third-order valence-electron chi connectivity index (χ3n) is 5.33. The highest BCUT2D eigenvalue weighted by atomic mass is 31.2. The van der Waals surface area contributed by atoms with Gasteiger partial charge in [0, 0.05) is 50.8 Å². The van der Waals surface area contributed by atoms with Crippen LogP contribution in [0, 0.1) is 0 Å². The van der Waals surface area contributed by atoms with Crippen molar-refractivity contribution in [2.45, 2.75) is 85.1 Å². The summed E-state index contributed by atoms with van der Waals surface area (Å²) in [6.45, 7) is 15.7. The number of carbonyl (C=O) groups is 3. The molecule has 1 aliphatic heterocycles. The SMILES string of the molecule is C=CCOP(OC[C@H]1O[C@@H](n2ccc(NC(C)=O)cc2=O)[C@H](OC(C)=O)[C@@H]1OC(C)=O)N(C(C)C)C(C)C. The van der Waals surface area contributed by atoms with Gasteiger partial charge in [-0.1, -0.05) is 6.08 Å². The zero-order valence-corrected chi connectivity index (χ0v) is 23.8. The van der Waals surface area contributed by atoms with Crippen LogP contribution in [-0.2, 0) is 37.6 Å².